The van der Waals surface area contributed by atoms with Crippen LogP contribution in [0, 0.1) is 12.7 Å². The molecule has 3 aliphatic rings. The van der Waals surface area contributed by atoms with Crippen LogP contribution in [0.4, 0.5) is 10.1 Å². The van der Waals surface area contributed by atoms with Gasteiger partial charge in [-0.3, -0.25) is 29.2 Å². The third-order valence-electron chi connectivity index (χ3n) is 11.6. The summed E-state index contributed by atoms with van der Waals surface area (Å²) in [6.07, 6.45) is 5.12. The summed E-state index contributed by atoms with van der Waals surface area (Å²) in [6.45, 7) is 6.00. The van der Waals surface area contributed by atoms with Crippen LogP contribution in [-0.2, 0) is 14.4 Å². The first kappa shape index (κ1) is 37.0. The molecule has 2 N–H and O–H groups in total. The highest BCUT2D eigenvalue weighted by Crippen LogP contribution is 2.43. The first-order chi connectivity index (χ1) is 26.9. The van der Waals surface area contributed by atoms with E-state index in [1.54, 1.807) is 36.9 Å². The number of methoxy groups -OCH3 is 1. The van der Waals surface area contributed by atoms with Crippen LogP contribution >= 0.6 is 0 Å². The Morgan fingerprint density at radius 2 is 1.77 bits per heavy atom. The van der Waals surface area contributed by atoms with E-state index >= 15 is 4.39 Å². The van der Waals surface area contributed by atoms with E-state index in [0.29, 0.717) is 42.6 Å². The van der Waals surface area contributed by atoms with E-state index in [1.165, 1.54) is 11.8 Å². The summed E-state index contributed by atoms with van der Waals surface area (Å²) in [6, 6.07) is 15.3. The Morgan fingerprint density at radius 3 is 2.48 bits per heavy atom. The van der Waals surface area contributed by atoms with Crippen molar-refractivity contribution < 1.29 is 28.3 Å². The quantitative estimate of drug-likeness (QED) is 0.185. The molecule has 12 nitrogen and oxygen atoms in total. The molecule has 56 heavy (non-hydrogen) atoms. The maximum Gasteiger partial charge on any atom is 0.269 e. The van der Waals surface area contributed by atoms with Gasteiger partial charge in [-0.05, 0) is 85.6 Å². The van der Waals surface area contributed by atoms with E-state index < -0.39 is 11.9 Å². The number of anilines is 1. The molecular weight excluding hydrogens is 714 g/mol. The zero-order valence-corrected chi connectivity index (χ0v) is 32.4. The molecule has 290 valence electrons. The lowest BCUT2D eigenvalue weighted by atomic mass is 9.87. The Labute approximate surface area is 324 Å². The summed E-state index contributed by atoms with van der Waals surface area (Å²) in [5.41, 5.74) is 7.08. The molecule has 4 amide bonds. The normalized spacial score (nSPS) is 18.0. The van der Waals surface area contributed by atoms with Crippen LogP contribution in [0.5, 0.6) is 5.75 Å². The number of hydrogen-bond donors (Lipinski definition) is 2. The third-order valence-corrected chi connectivity index (χ3v) is 11.6. The minimum atomic E-state index is -0.526. The zero-order valence-electron chi connectivity index (χ0n) is 32.4. The number of aryl methyl sites for hydroxylation is 1. The Kier molecular flexibility index (Phi) is 9.63. The first-order valence-electron chi connectivity index (χ1n) is 19.2. The molecule has 2 fully saturated rings. The molecule has 3 aliphatic heterocycles. The molecule has 5 heterocycles. The fraction of sp³-hybridized carbons (Fsp3) is 0.372. The van der Waals surface area contributed by atoms with Gasteiger partial charge in [-0.15, -0.1) is 0 Å². The summed E-state index contributed by atoms with van der Waals surface area (Å²) in [5.74, 6) is -0.443. The van der Waals surface area contributed by atoms with Gasteiger partial charge in [0.2, 0.25) is 11.8 Å². The van der Waals surface area contributed by atoms with Crippen molar-refractivity contribution in [1.82, 2.24) is 29.9 Å². The molecule has 0 bridgehead atoms. The van der Waals surface area contributed by atoms with Crippen LogP contribution in [0.15, 0.2) is 54.6 Å². The van der Waals surface area contributed by atoms with E-state index in [2.05, 4.69) is 33.4 Å². The predicted octanol–water partition coefficient (Wildman–Crippen LogP) is 6.34. The zero-order chi connectivity index (χ0) is 39.4. The first-order valence-corrected chi connectivity index (χ1v) is 19.2. The second kappa shape index (κ2) is 14.6. The van der Waals surface area contributed by atoms with Crippen molar-refractivity contribution in [3.63, 3.8) is 0 Å². The van der Waals surface area contributed by atoms with Gasteiger partial charge in [-0.1, -0.05) is 24.3 Å². The number of amides is 4. The fourth-order valence-electron chi connectivity index (χ4n) is 8.69. The number of carbonyl (C=O) groups is 4. The molecule has 0 spiro atoms. The third kappa shape index (κ3) is 6.48. The summed E-state index contributed by atoms with van der Waals surface area (Å²) >= 11 is 0. The molecule has 3 aromatic carbocycles. The number of halogens is 1. The topological polar surface area (TPSA) is 133 Å². The number of piperidine rings is 2. The van der Waals surface area contributed by atoms with E-state index in [9.17, 15) is 19.2 Å². The maximum absolute atomic E-state index is 16.5. The van der Waals surface area contributed by atoms with Crippen molar-refractivity contribution in [2.45, 2.75) is 57.9 Å². The van der Waals surface area contributed by atoms with E-state index in [4.69, 9.17) is 9.84 Å². The Bertz CT molecular complexity index is 2460. The lowest BCUT2D eigenvalue weighted by Gasteiger charge is -2.34. The summed E-state index contributed by atoms with van der Waals surface area (Å²) in [5, 5.41) is 8.83. The minimum Gasteiger partial charge on any atom is -0.496 e. The number of aromatic amines is 1. The number of ether oxygens (including phenoxy) is 1. The molecule has 1 unspecified atom stereocenters. The smallest absolute Gasteiger partial charge is 0.269 e. The van der Waals surface area contributed by atoms with E-state index in [-0.39, 0.29) is 47.2 Å². The number of nitrogens with one attached hydrogen (secondary N) is 2. The van der Waals surface area contributed by atoms with Gasteiger partial charge in [0, 0.05) is 81.2 Å². The van der Waals surface area contributed by atoms with E-state index in [1.807, 2.05) is 37.3 Å². The molecule has 13 heteroatoms. The molecule has 8 rings (SSSR count). The average molecular weight is 760 g/mol. The van der Waals surface area contributed by atoms with Crippen molar-refractivity contribution in [3.05, 3.63) is 82.9 Å². The molecule has 2 aromatic heterocycles. The average Bonchev–Trinajstić information content (AvgIpc) is 3.80. The van der Waals surface area contributed by atoms with Crippen LogP contribution in [0.1, 0.15) is 78.3 Å². The predicted molar refractivity (Wildman–Crippen MR) is 213 cm³/mol. The monoisotopic (exact) mass is 759 g/mol. The number of imide groups is 1. The highest BCUT2D eigenvalue weighted by atomic mass is 19.1. The highest BCUT2D eigenvalue weighted by molar-refractivity contribution is 6.05. The van der Waals surface area contributed by atoms with Crippen molar-refractivity contribution >= 4 is 56.7 Å². The highest BCUT2D eigenvalue weighted by Gasteiger charge is 2.32. The number of hydrogen-bond acceptors (Lipinski definition) is 7. The number of rotatable bonds is 7. The molecule has 1 atom stereocenters. The number of aromatic nitrogens is 3. The van der Waals surface area contributed by atoms with E-state index in [0.717, 1.165) is 70.5 Å². The molecule has 0 radical (unpaired) electrons. The van der Waals surface area contributed by atoms with Gasteiger partial charge >= 0.3 is 0 Å². The van der Waals surface area contributed by atoms with Gasteiger partial charge < -0.3 is 24.4 Å². The number of benzene rings is 3. The van der Waals surface area contributed by atoms with Crippen LogP contribution < -0.4 is 15.0 Å². The fourth-order valence-corrected chi connectivity index (χ4v) is 8.69. The van der Waals surface area contributed by atoms with Crippen LogP contribution in [0.3, 0.4) is 0 Å². The lowest BCUT2D eigenvalue weighted by Crippen LogP contribution is -2.42. The molecule has 5 aromatic rings. The van der Waals surface area contributed by atoms with Gasteiger partial charge in [0.1, 0.15) is 17.5 Å². The van der Waals surface area contributed by atoms with Crippen molar-refractivity contribution in [1.29, 1.82) is 0 Å². The lowest BCUT2D eigenvalue weighted by molar-refractivity contribution is -0.136. The van der Waals surface area contributed by atoms with Crippen molar-refractivity contribution in [2.24, 2.45) is 0 Å². The molecular formula is C43H46FN7O5. The van der Waals surface area contributed by atoms with Gasteiger partial charge in [0.05, 0.1) is 23.8 Å². The van der Waals surface area contributed by atoms with Gasteiger partial charge in [0.15, 0.2) is 5.82 Å². The van der Waals surface area contributed by atoms with Crippen molar-refractivity contribution in [2.75, 3.05) is 52.3 Å². The Balaban J connectivity index is 1.09. The SMILES string of the molecule is COc1cc(C2CCN(c3cccc4c3c(C)nn4C3CCC(=O)NC3=O)CC2)ccc1-c1cc(C2=CCCN(C(C)=O)C2)c(F)c2[nH]c(C(=O)N(C)C)cc12. The molecule has 0 aliphatic carbocycles. The second-order valence-corrected chi connectivity index (χ2v) is 15.3. The van der Waals surface area contributed by atoms with Crippen LogP contribution in [0.2, 0.25) is 0 Å². The number of carbonyl (C=O) groups excluding carboxylic acids is 4. The number of nitrogens with zero attached hydrogens (tertiary/aromatic N) is 5. The summed E-state index contributed by atoms with van der Waals surface area (Å²) < 4.78 is 24.3. The number of fused-ring (bicyclic) bond motifs is 2. The summed E-state index contributed by atoms with van der Waals surface area (Å²) in [7, 11) is 4.95. The Hall–Kier alpha value is -5.98. The van der Waals surface area contributed by atoms with Gasteiger partial charge in [0.25, 0.3) is 11.8 Å². The van der Waals surface area contributed by atoms with Crippen LogP contribution in [0.25, 0.3) is 38.5 Å². The largest absolute Gasteiger partial charge is 0.496 e. The standard InChI is InChI=1S/C43H46FN7O5/c1-24-39-34(9-6-10-35(39)51(47-24)36-13-14-38(53)46-42(36)54)49-18-15-26(16-19-49)27-11-12-29(37(20-27)56-5)31-21-30(28-8-7-17-50(23-28)25(2)52)40(44)41-32(31)22-33(45-41)43(55)48(3)4/h6,8-12,20-22,26,36,45H,7,13-19,23H2,1-5H3,(H,46,53,54). The summed E-state index contributed by atoms with van der Waals surface area (Å²) in [4.78, 5) is 58.5. The van der Waals surface area contributed by atoms with Gasteiger partial charge in [-0.2, -0.15) is 5.10 Å². The molecule has 0 saturated carbocycles. The van der Waals surface area contributed by atoms with Crippen molar-refractivity contribution in [3.8, 4) is 16.9 Å². The second-order valence-electron chi connectivity index (χ2n) is 15.3. The Morgan fingerprint density at radius 1 is 0.982 bits per heavy atom. The number of H-pyrrole nitrogens is 1. The van der Waals surface area contributed by atoms with Crippen LogP contribution in [-0.4, -0.2) is 95.6 Å². The maximum atomic E-state index is 16.5. The minimum absolute atomic E-state index is 0.0628. The molecule has 2 saturated heterocycles. The van der Waals surface area contributed by atoms with Gasteiger partial charge in [-0.25, -0.2) is 4.39 Å².